The molecule has 0 bridgehead atoms. The topological polar surface area (TPSA) is 53.3 Å². The van der Waals surface area contributed by atoms with E-state index in [1.54, 1.807) is 0 Å². The molecule has 0 aromatic heterocycles. The number of nitriles is 1. The van der Waals surface area contributed by atoms with E-state index in [1.807, 2.05) is 19.9 Å². The van der Waals surface area contributed by atoms with Gasteiger partial charge in [0.25, 0.3) is 5.91 Å². The van der Waals surface area contributed by atoms with Gasteiger partial charge in [0.2, 0.25) is 0 Å². The highest BCUT2D eigenvalue weighted by molar-refractivity contribution is 6.01. The molecule has 1 rings (SSSR count). The Morgan fingerprint density at radius 3 is 2.33 bits per heavy atom. The molecule has 0 aliphatic rings. The third-order valence-corrected chi connectivity index (χ3v) is 2.82. The van der Waals surface area contributed by atoms with Crippen molar-refractivity contribution in [2.24, 2.45) is 0 Å². The van der Waals surface area contributed by atoms with E-state index < -0.39 is 6.61 Å². The molecule has 0 saturated carbocycles. The van der Waals surface area contributed by atoms with Gasteiger partial charge in [0, 0.05) is 13.1 Å². The summed E-state index contributed by atoms with van der Waals surface area (Å²) in [5.41, 5.74) is 0.565. The van der Waals surface area contributed by atoms with Crippen LogP contribution in [0.3, 0.4) is 0 Å². The molecule has 21 heavy (non-hydrogen) atoms. The minimum Gasteiger partial charge on any atom is -0.435 e. The molecule has 0 N–H and O–H groups in total. The molecule has 112 valence electrons. The van der Waals surface area contributed by atoms with Gasteiger partial charge in [0.05, 0.1) is 0 Å². The zero-order chi connectivity index (χ0) is 15.8. The summed E-state index contributed by atoms with van der Waals surface area (Å²) in [6.07, 6.45) is 1.42. The quantitative estimate of drug-likeness (QED) is 0.598. The van der Waals surface area contributed by atoms with Gasteiger partial charge in [-0.2, -0.15) is 14.0 Å². The minimum absolute atomic E-state index is 0.00114. The molecule has 0 aliphatic heterocycles. The number of hydrogen-bond acceptors (Lipinski definition) is 3. The van der Waals surface area contributed by atoms with E-state index in [9.17, 15) is 13.6 Å². The van der Waals surface area contributed by atoms with Gasteiger partial charge in [0.15, 0.2) is 0 Å². The largest absolute Gasteiger partial charge is 0.435 e. The first kappa shape index (κ1) is 16.6. The van der Waals surface area contributed by atoms with Crippen LogP contribution < -0.4 is 4.74 Å². The predicted octanol–water partition coefficient (Wildman–Crippen LogP) is 3.06. The van der Waals surface area contributed by atoms with Crippen LogP contribution in [0.4, 0.5) is 8.78 Å². The average Bonchev–Trinajstić information content (AvgIpc) is 2.47. The van der Waals surface area contributed by atoms with Crippen molar-refractivity contribution in [1.82, 2.24) is 4.90 Å². The van der Waals surface area contributed by atoms with Gasteiger partial charge >= 0.3 is 6.61 Å². The highest BCUT2D eigenvalue weighted by Gasteiger charge is 2.15. The fourth-order valence-electron chi connectivity index (χ4n) is 1.74. The molecular formula is C15H16F2N2O2. The fraction of sp³-hybridized carbons (Fsp3) is 0.333. The van der Waals surface area contributed by atoms with Crippen LogP contribution in [0.1, 0.15) is 19.4 Å². The molecule has 0 aliphatic carbocycles. The van der Waals surface area contributed by atoms with Crippen LogP contribution >= 0.6 is 0 Å². The summed E-state index contributed by atoms with van der Waals surface area (Å²) in [6, 6.07) is 7.59. The number of amides is 1. The summed E-state index contributed by atoms with van der Waals surface area (Å²) in [6.45, 7) is 1.79. The first-order valence-corrected chi connectivity index (χ1v) is 6.47. The molecule has 0 fully saturated rings. The fourth-order valence-corrected chi connectivity index (χ4v) is 1.74. The second kappa shape index (κ2) is 8.00. The number of alkyl halides is 2. The van der Waals surface area contributed by atoms with Gasteiger partial charge < -0.3 is 9.64 Å². The number of benzene rings is 1. The van der Waals surface area contributed by atoms with Crippen molar-refractivity contribution in [1.29, 1.82) is 5.26 Å². The lowest BCUT2D eigenvalue weighted by molar-refractivity contribution is -0.126. The Morgan fingerprint density at radius 2 is 1.90 bits per heavy atom. The Bertz CT molecular complexity index is 544. The summed E-state index contributed by atoms with van der Waals surface area (Å²) >= 11 is 0. The van der Waals surface area contributed by atoms with Gasteiger partial charge in [-0.25, -0.2) is 0 Å². The lowest BCUT2D eigenvalue weighted by Crippen LogP contribution is -2.31. The number of rotatable bonds is 6. The SMILES string of the molecule is CCN(CC)C(=O)/C(C#N)=C/c1ccc(OC(F)F)cc1. The summed E-state index contributed by atoms with van der Waals surface area (Å²) in [7, 11) is 0. The first-order chi connectivity index (χ1) is 10.0. The second-order valence-electron chi connectivity index (χ2n) is 4.09. The van der Waals surface area contributed by atoms with E-state index in [-0.39, 0.29) is 17.2 Å². The lowest BCUT2D eigenvalue weighted by atomic mass is 10.1. The summed E-state index contributed by atoms with van der Waals surface area (Å²) < 4.78 is 28.3. The normalized spacial score (nSPS) is 11.1. The molecule has 1 amide bonds. The van der Waals surface area contributed by atoms with E-state index >= 15 is 0 Å². The Kier molecular flexibility index (Phi) is 6.34. The van der Waals surface area contributed by atoms with Crippen molar-refractivity contribution < 1.29 is 18.3 Å². The van der Waals surface area contributed by atoms with Gasteiger partial charge in [-0.1, -0.05) is 12.1 Å². The molecule has 0 saturated heterocycles. The maximum atomic E-state index is 12.1. The molecule has 6 heteroatoms. The van der Waals surface area contributed by atoms with Crippen LogP contribution in [0.15, 0.2) is 29.8 Å². The number of likely N-dealkylation sites (N-methyl/N-ethyl adjacent to an activating group) is 1. The van der Waals surface area contributed by atoms with Crippen LogP contribution in [-0.4, -0.2) is 30.5 Å². The Labute approximate surface area is 122 Å². The molecule has 0 atom stereocenters. The molecular weight excluding hydrogens is 278 g/mol. The summed E-state index contributed by atoms with van der Waals surface area (Å²) in [5.74, 6) is -0.328. The maximum Gasteiger partial charge on any atom is 0.387 e. The Hall–Kier alpha value is -2.42. The third-order valence-electron chi connectivity index (χ3n) is 2.82. The van der Waals surface area contributed by atoms with Crippen LogP contribution in [0.2, 0.25) is 0 Å². The van der Waals surface area contributed by atoms with Gasteiger partial charge in [0.1, 0.15) is 17.4 Å². The van der Waals surface area contributed by atoms with E-state index in [4.69, 9.17) is 5.26 Å². The lowest BCUT2D eigenvalue weighted by Gasteiger charge is -2.17. The Morgan fingerprint density at radius 1 is 1.33 bits per heavy atom. The molecule has 1 aromatic rings. The number of nitrogens with zero attached hydrogens (tertiary/aromatic N) is 2. The molecule has 4 nitrogen and oxygen atoms in total. The van der Waals surface area contributed by atoms with Crippen molar-refractivity contribution >= 4 is 12.0 Å². The van der Waals surface area contributed by atoms with Crippen molar-refractivity contribution in [3.63, 3.8) is 0 Å². The van der Waals surface area contributed by atoms with Gasteiger partial charge in [-0.15, -0.1) is 0 Å². The molecule has 0 unspecified atom stereocenters. The van der Waals surface area contributed by atoms with Crippen molar-refractivity contribution in [2.45, 2.75) is 20.5 Å². The maximum absolute atomic E-state index is 12.1. The Balaban J connectivity index is 2.93. The van der Waals surface area contributed by atoms with E-state index in [1.165, 1.54) is 35.2 Å². The minimum atomic E-state index is -2.88. The monoisotopic (exact) mass is 294 g/mol. The number of halogens is 2. The van der Waals surface area contributed by atoms with Crippen molar-refractivity contribution in [2.75, 3.05) is 13.1 Å². The smallest absolute Gasteiger partial charge is 0.387 e. The zero-order valence-corrected chi connectivity index (χ0v) is 11.8. The average molecular weight is 294 g/mol. The number of hydrogen-bond donors (Lipinski definition) is 0. The standard InChI is InChI=1S/C15H16F2N2O2/c1-3-19(4-2)14(20)12(10-18)9-11-5-7-13(8-6-11)21-15(16)17/h5-9,15H,3-4H2,1-2H3/b12-9+. The first-order valence-electron chi connectivity index (χ1n) is 6.47. The van der Waals surface area contributed by atoms with E-state index in [0.717, 1.165) is 0 Å². The van der Waals surface area contributed by atoms with Crippen LogP contribution in [0.5, 0.6) is 5.75 Å². The molecule has 0 spiro atoms. The summed E-state index contributed by atoms with van der Waals surface area (Å²) in [4.78, 5) is 13.6. The number of ether oxygens (including phenoxy) is 1. The molecule has 0 heterocycles. The van der Waals surface area contributed by atoms with Crippen molar-refractivity contribution in [3.8, 4) is 11.8 Å². The van der Waals surface area contributed by atoms with Crippen molar-refractivity contribution in [3.05, 3.63) is 35.4 Å². The van der Waals surface area contributed by atoms with Gasteiger partial charge in [-0.3, -0.25) is 4.79 Å². The molecule has 1 aromatic carbocycles. The van der Waals surface area contributed by atoms with Crippen LogP contribution in [-0.2, 0) is 4.79 Å². The number of carbonyl (C=O) groups excluding carboxylic acids is 1. The predicted molar refractivity (Wildman–Crippen MR) is 74.6 cm³/mol. The number of carbonyl (C=O) groups is 1. The summed E-state index contributed by atoms with van der Waals surface area (Å²) in [5, 5.41) is 9.08. The van der Waals surface area contributed by atoms with E-state index in [0.29, 0.717) is 18.7 Å². The second-order valence-corrected chi connectivity index (χ2v) is 4.09. The highest BCUT2D eigenvalue weighted by Crippen LogP contribution is 2.17. The van der Waals surface area contributed by atoms with E-state index in [2.05, 4.69) is 4.74 Å². The zero-order valence-electron chi connectivity index (χ0n) is 11.8. The van der Waals surface area contributed by atoms with Crippen LogP contribution in [0, 0.1) is 11.3 Å². The van der Waals surface area contributed by atoms with Crippen LogP contribution in [0.25, 0.3) is 6.08 Å². The molecule has 0 radical (unpaired) electrons. The van der Waals surface area contributed by atoms with Gasteiger partial charge in [-0.05, 0) is 37.6 Å². The highest BCUT2D eigenvalue weighted by atomic mass is 19.3. The third kappa shape index (κ3) is 4.88.